The Balaban J connectivity index is 0.000000686. The Bertz CT molecular complexity index is 388. The highest BCUT2D eigenvalue weighted by atomic mass is 35.5. The molecule has 0 radical (unpaired) electrons. The van der Waals surface area contributed by atoms with Gasteiger partial charge in [-0.1, -0.05) is 37.2 Å². The van der Waals surface area contributed by atoms with Crippen molar-refractivity contribution in [2.45, 2.75) is 19.3 Å². The van der Waals surface area contributed by atoms with E-state index in [4.69, 9.17) is 11.6 Å². The van der Waals surface area contributed by atoms with Gasteiger partial charge >= 0.3 is 0 Å². The van der Waals surface area contributed by atoms with Crippen LogP contribution in [0.3, 0.4) is 0 Å². The van der Waals surface area contributed by atoms with Gasteiger partial charge in [-0.15, -0.1) is 10.2 Å². The van der Waals surface area contributed by atoms with Gasteiger partial charge in [0.1, 0.15) is 0 Å². The van der Waals surface area contributed by atoms with Crippen molar-refractivity contribution in [3.05, 3.63) is 34.6 Å². The predicted octanol–water partition coefficient (Wildman–Crippen LogP) is 1.98. The molecule has 1 aromatic rings. The van der Waals surface area contributed by atoms with E-state index in [1.165, 1.54) is 23.9 Å². The number of hydrogen-bond donors (Lipinski definition) is 2. The second-order valence-corrected chi connectivity index (χ2v) is 4.10. The van der Waals surface area contributed by atoms with Gasteiger partial charge < -0.3 is 10.6 Å². The zero-order chi connectivity index (χ0) is 12.7. The van der Waals surface area contributed by atoms with E-state index in [1.807, 2.05) is 19.3 Å². The van der Waals surface area contributed by atoms with Crippen molar-refractivity contribution in [3.8, 4) is 0 Å². The second kappa shape index (κ2) is 7.13. The molecule has 92 valence electrons. The summed E-state index contributed by atoms with van der Waals surface area (Å²) in [5.41, 5.74) is 0.101. The van der Waals surface area contributed by atoms with Crippen LogP contribution in [0.25, 0.3) is 0 Å². The number of rotatable bonds is 2. The van der Waals surface area contributed by atoms with Crippen molar-refractivity contribution < 1.29 is 4.79 Å². The summed E-state index contributed by atoms with van der Waals surface area (Å²) in [6.07, 6.45) is 1.77. The highest BCUT2D eigenvalue weighted by molar-refractivity contribution is 8.02. The lowest BCUT2D eigenvalue weighted by Crippen LogP contribution is -2.38. The molecule has 17 heavy (non-hydrogen) atoms. The normalized spacial score (nSPS) is 16.8. The number of amides is 1. The third-order valence-electron chi connectivity index (χ3n) is 1.66. The maximum Gasteiger partial charge on any atom is 0.274 e. The molecule has 1 aliphatic rings. The Hall–Kier alpha value is -1.27. The van der Waals surface area contributed by atoms with Gasteiger partial charge in [0.2, 0.25) is 0 Å². The third kappa shape index (κ3) is 4.24. The van der Waals surface area contributed by atoms with Gasteiger partial charge in [0.05, 0.1) is 0 Å². The van der Waals surface area contributed by atoms with Gasteiger partial charge in [-0.25, -0.2) is 0 Å². The highest BCUT2D eigenvalue weighted by Gasteiger charge is 2.15. The van der Waals surface area contributed by atoms with Crippen molar-refractivity contribution in [2.24, 2.45) is 0 Å². The van der Waals surface area contributed by atoms with Gasteiger partial charge in [-0.05, 0) is 17.5 Å². The van der Waals surface area contributed by atoms with Gasteiger partial charge in [0.25, 0.3) is 5.91 Å². The maximum atomic E-state index is 11.6. The topological polar surface area (TPSA) is 66.9 Å². The van der Waals surface area contributed by atoms with E-state index < -0.39 is 0 Å². The fourth-order valence-corrected chi connectivity index (χ4v) is 1.74. The van der Waals surface area contributed by atoms with E-state index in [1.54, 1.807) is 6.20 Å². The number of carbonyl (C=O) groups is 1. The van der Waals surface area contributed by atoms with Crippen molar-refractivity contribution in [2.75, 3.05) is 0 Å². The fraction of sp³-hybridized carbons (Fsp3) is 0.300. The van der Waals surface area contributed by atoms with Crippen molar-refractivity contribution in [3.63, 3.8) is 0 Å². The molecule has 5 nitrogen and oxygen atoms in total. The number of nitrogens with one attached hydrogen (secondary N) is 2. The number of hydrogen-bond acceptors (Lipinski definition) is 5. The molecule has 2 heterocycles. The summed E-state index contributed by atoms with van der Waals surface area (Å²) in [6.45, 7) is 4.00. The molecule has 2 rings (SSSR count). The predicted molar refractivity (Wildman–Crippen MR) is 69.5 cm³/mol. The first kappa shape index (κ1) is 13.8. The molecule has 0 fully saturated rings. The standard InChI is InChI=1S/C8H7ClN4OS.C2H6/c9-6-2-1-5(12-13-6)7(14)11-8-10-3-4-15-8;1-2/h1-4,8,10H,(H,11,14);1-2H3. The Morgan fingerprint density at radius 3 is 2.76 bits per heavy atom. The number of thioether (sulfide) groups is 1. The van der Waals surface area contributed by atoms with E-state index in [0.717, 1.165) is 0 Å². The quantitative estimate of drug-likeness (QED) is 0.862. The van der Waals surface area contributed by atoms with Crippen LogP contribution in [0.15, 0.2) is 23.7 Å². The molecular formula is C10H13ClN4OS. The maximum absolute atomic E-state index is 11.6. The lowest BCUT2D eigenvalue weighted by Gasteiger charge is -2.11. The van der Waals surface area contributed by atoms with Crippen LogP contribution in [0.5, 0.6) is 0 Å². The lowest BCUT2D eigenvalue weighted by atomic mass is 10.4. The van der Waals surface area contributed by atoms with E-state index in [0.29, 0.717) is 0 Å². The number of halogens is 1. The number of aromatic nitrogens is 2. The summed E-state index contributed by atoms with van der Waals surface area (Å²) in [6, 6.07) is 3.05. The molecule has 1 unspecified atom stereocenters. The largest absolute Gasteiger partial charge is 0.362 e. The molecule has 0 bridgehead atoms. The van der Waals surface area contributed by atoms with Crippen molar-refractivity contribution >= 4 is 29.3 Å². The molecule has 1 aliphatic heterocycles. The van der Waals surface area contributed by atoms with E-state index in [9.17, 15) is 4.79 Å². The molecule has 7 heteroatoms. The second-order valence-electron chi connectivity index (χ2n) is 2.70. The van der Waals surface area contributed by atoms with Gasteiger partial charge in [0.15, 0.2) is 16.3 Å². The minimum Gasteiger partial charge on any atom is -0.362 e. The smallest absolute Gasteiger partial charge is 0.274 e. The van der Waals surface area contributed by atoms with Crippen LogP contribution in [0, 0.1) is 0 Å². The van der Waals surface area contributed by atoms with Crippen LogP contribution in [0.4, 0.5) is 0 Å². The minimum atomic E-state index is -0.284. The van der Waals surface area contributed by atoms with Crippen LogP contribution >= 0.6 is 23.4 Å². The summed E-state index contributed by atoms with van der Waals surface area (Å²) in [7, 11) is 0. The van der Waals surface area contributed by atoms with Crippen LogP contribution in [0.2, 0.25) is 5.15 Å². The molecule has 0 saturated heterocycles. The average Bonchev–Trinajstić information content (AvgIpc) is 2.85. The summed E-state index contributed by atoms with van der Waals surface area (Å²) in [4.78, 5) is 11.6. The number of carbonyl (C=O) groups excluding carboxylic acids is 1. The van der Waals surface area contributed by atoms with Crippen molar-refractivity contribution in [1.29, 1.82) is 0 Å². The Morgan fingerprint density at radius 2 is 2.24 bits per heavy atom. The van der Waals surface area contributed by atoms with Crippen LogP contribution in [-0.2, 0) is 0 Å². The number of nitrogens with zero attached hydrogens (tertiary/aromatic N) is 2. The molecular weight excluding hydrogens is 260 g/mol. The summed E-state index contributed by atoms with van der Waals surface area (Å²) < 4.78 is 0. The van der Waals surface area contributed by atoms with Crippen LogP contribution < -0.4 is 10.6 Å². The first-order chi connectivity index (χ1) is 8.25. The molecule has 0 saturated carbocycles. The fourth-order valence-electron chi connectivity index (χ4n) is 0.990. The first-order valence-corrected chi connectivity index (χ1v) is 6.44. The van der Waals surface area contributed by atoms with Gasteiger partial charge in [-0.2, -0.15) is 0 Å². The van der Waals surface area contributed by atoms with E-state index >= 15 is 0 Å². The zero-order valence-electron chi connectivity index (χ0n) is 9.48. The molecule has 1 aromatic heterocycles. The Kier molecular flexibility index (Phi) is 5.79. The van der Waals surface area contributed by atoms with Gasteiger partial charge in [-0.3, -0.25) is 4.79 Å². The molecule has 1 amide bonds. The highest BCUT2D eigenvalue weighted by Crippen LogP contribution is 2.13. The lowest BCUT2D eigenvalue weighted by molar-refractivity contribution is 0.0941. The van der Waals surface area contributed by atoms with Gasteiger partial charge in [0, 0.05) is 6.20 Å². The zero-order valence-corrected chi connectivity index (χ0v) is 11.0. The van der Waals surface area contributed by atoms with E-state index in [-0.39, 0.29) is 22.3 Å². The van der Waals surface area contributed by atoms with Crippen LogP contribution in [0.1, 0.15) is 24.3 Å². The molecule has 0 aromatic carbocycles. The SMILES string of the molecule is CC.O=C(NC1NC=CS1)c1ccc(Cl)nn1. The summed E-state index contributed by atoms with van der Waals surface area (Å²) >= 11 is 7.03. The monoisotopic (exact) mass is 272 g/mol. The van der Waals surface area contributed by atoms with E-state index in [2.05, 4.69) is 20.8 Å². The Labute approximate surface area is 109 Å². The minimum absolute atomic E-state index is 0.144. The molecule has 1 atom stereocenters. The first-order valence-electron chi connectivity index (χ1n) is 5.12. The molecule has 2 N–H and O–H groups in total. The molecule has 0 spiro atoms. The van der Waals surface area contributed by atoms with Crippen molar-refractivity contribution in [1.82, 2.24) is 20.8 Å². The Morgan fingerprint density at radius 1 is 1.47 bits per heavy atom. The summed E-state index contributed by atoms with van der Waals surface area (Å²) in [5, 5.41) is 15.0. The average molecular weight is 273 g/mol. The molecule has 0 aliphatic carbocycles. The summed E-state index contributed by atoms with van der Waals surface area (Å²) in [5.74, 6) is -0.284. The third-order valence-corrected chi connectivity index (χ3v) is 2.68. The van der Waals surface area contributed by atoms with Crippen LogP contribution in [-0.4, -0.2) is 21.6 Å².